The number of carbonyl (C=O) groups is 2. The van der Waals surface area contributed by atoms with Crippen LogP contribution in [0.4, 0.5) is 0 Å². The molecule has 0 saturated carbocycles. The van der Waals surface area contributed by atoms with Crippen LogP contribution >= 0.6 is 0 Å². The molecular formula is C15H15N3O3. The molecule has 0 unspecified atom stereocenters. The van der Waals surface area contributed by atoms with Crippen LogP contribution in [0.15, 0.2) is 36.7 Å². The number of aromatic nitrogens is 1. The van der Waals surface area contributed by atoms with Crippen molar-refractivity contribution in [1.29, 1.82) is 0 Å². The van der Waals surface area contributed by atoms with Crippen molar-refractivity contribution in [1.82, 2.24) is 15.8 Å². The van der Waals surface area contributed by atoms with E-state index < -0.39 is 11.8 Å². The Morgan fingerprint density at radius 1 is 1.10 bits per heavy atom. The Kier molecular flexibility index (Phi) is 4.18. The highest BCUT2D eigenvalue weighted by atomic mass is 16.3. The zero-order valence-corrected chi connectivity index (χ0v) is 11.7. The molecule has 3 N–H and O–H groups in total. The molecule has 108 valence electrons. The van der Waals surface area contributed by atoms with Gasteiger partial charge in [0.15, 0.2) is 0 Å². The van der Waals surface area contributed by atoms with Gasteiger partial charge in [0, 0.05) is 12.4 Å². The van der Waals surface area contributed by atoms with Crippen molar-refractivity contribution in [2.45, 2.75) is 13.8 Å². The summed E-state index contributed by atoms with van der Waals surface area (Å²) in [5, 5.41) is 9.95. The SMILES string of the molecule is Cc1ccc(C(=O)NNC(=O)c2cccnc2)c(O)c1C. The number of hydrogen-bond donors (Lipinski definition) is 3. The van der Waals surface area contributed by atoms with Crippen LogP contribution in [0.2, 0.25) is 0 Å². The summed E-state index contributed by atoms with van der Waals surface area (Å²) in [6.45, 7) is 3.55. The van der Waals surface area contributed by atoms with Crippen LogP contribution in [0.25, 0.3) is 0 Å². The number of benzene rings is 1. The highest BCUT2D eigenvalue weighted by molar-refractivity contribution is 6.00. The molecule has 6 nitrogen and oxygen atoms in total. The minimum absolute atomic E-state index is 0.0943. The number of hydrogen-bond acceptors (Lipinski definition) is 4. The van der Waals surface area contributed by atoms with Gasteiger partial charge in [0.2, 0.25) is 0 Å². The van der Waals surface area contributed by atoms with Gasteiger partial charge in [-0.05, 0) is 43.2 Å². The fourth-order valence-corrected chi connectivity index (χ4v) is 1.73. The van der Waals surface area contributed by atoms with Gasteiger partial charge in [0.1, 0.15) is 5.75 Å². The Morgan fingerprint density at radius 3 is 2.48 bits per heavy atom. The van der Waals surface area contributed by atoms with Gasteiger partial charge in [-0.3, -0.25) is 25.4 Å². The molecule has 0 radical (unpaired) electrons. The van der Waals surface area contributed by atoms with Crippen LogP contribution < -0.4 is 10.9 Å². The van der Waals surface area contributed by atoms with Crippen molar-refractivity contribution in [2.24, 2.45) is 0 Å². The van der Waals surface area contributed by atoms with E-state index in [1.165, 1.54) is 12.3 Å². The van der Waals surface area contributed by atoms with Gasteiger partial charge >= 0.3 is 0 Å². The van der Waals surface area contributed by atoms with Gasteiger partial charge in [-0.2, -0.15) is 0 Å². The van der Waals surface area contributed by atoms with Gasteiger partial charge in [-0.15, -0.1) is 0 Å². The van der Waals surface area contributed by atoms with Crippen molar-refractivity contribution < 1.29 is 14.7 Å². The highest BCUT2D eigenvalue weighted by Gasteiger charge is 2.15. The summed E-state index contributed by atoms with van der Waals surface area (Å²) >= 11 is 0. The van der Waals surface area contributed by atoms with E-state index >= 15 is 0 Å². The molecule has 0 aliphatic heterocycles. The zero-order chi connectivity index (χ0) is 15.4. The summed E-state index contributed by atoms with van der Waals surface area (Å²) in [5.74, 6) is -1.17. The second-order valence-electron chi connectivity index (χ2n) is 4.55. The van der Waals surface area contributed by atoms with E-state index in [2.05, 4.69) is 15.8 Å². The fraction of sp³-hybridized carbons (Fsp3) is 0.133. The van der Waals surface area contributed by atoms with Crippen molar-refractivity contribution in [3.8, 4) is 5.75 Å². The number of rotatable bonds is 2. The summed E-state index contributed by atoms with van der Waals surface area (Å²) in [6, 6.07) is 6.42. The number of nitrogens with zero attached hydrogens (tertiary/aromatic N) is 1. The molecule has 21 heavy (non-hydrogen) atoms. The van der Waals surface area contributed by atoms with E-state index in [1.54, 1.807) is 31.3 Å². The largest absolute Gasteiger partial charge is 0.507 e. The lowest BCUT2D eigenvalue weighted by atomic mass is 10.0. The minimum Gasteiger partial charge on any atom is -0.507 e. The number of aromatic hydroxyl groups is 1. The maximum atomic E-state index is 12.0. The van der Waals surface area contributed by atoms with Gasteiger partial charge in [-0.25, -0.2) is 0 Å². The second kappa shape index (κ2) is 6.04. The summed E-state index contributed by atoms with van der Waals surface area (Å²) < 4.78 is 0. The molecule has 0 atom stereocenters. The third-order valence-corrected chi connectivity index (χ3v) is 3.16. The molecule has 2 amide bonds. The quantitative estimate of drug-likeness (QED) is 0.729. The highest BCUT2D eigenvalue weighted by Crippen LogP contribution is 2.24. The molecule has 0 bridgehead atoms. The van der Waals surface area contributed by atoms with Crippen LogP contribution in [0.1, 0.15) is 31.8 Å². The molecule has 2 rings (SSSR count). The molecule has 0 aliphatic carbocycles. The Bertz CT molecular complexity index is 684. The lowest BCUT2D eigenvalue weighted by Gasteiger charge is -2.11. The molecule has 0 aliphatic rings. The van der Waals surface area contributed by atoms with E-state index in [1.807, 2.05) is 6.92 Å². The van der Waals surface area contributed by atoms with Crippen LogP contribution in [0.3, 0.4) is 0 Å². The molecule has 1 aromatic heterocycles. The monoisotopic (exact) mass is 285 g/mol. The topological polar surface area (TPSA) is 91.3 Å². The normalized spacial score (nSPS) is 10.0. The predicted molar refractivity (Wildman–Crippen MR) is 76.8 cm³/mol. The summed E-state index contributed by atoms with van der Waals surface area (Å²) in [5.41, 5.74) is 6.45. The van der Waals surface area contributed by atoms with Crippen molar-refractivity contribution >= 4 is 11.8 Å². The molecule has 2 aromatic rings. The van der Waals surface area contributed by atoms with E-state index in [-0.39, 0.29) is 11.3 Å². The van der Waals surface area contributed by atoms with Crippen LogP contribution in [-0.2, 0) is 0 Å². The third kappa shape index (κ3) is 3.17. The Labute approximate surface area is 121 Å². The lowest BCUT2D eigenvalue weighted by Crippen LogP contribution is -2.41. The number of carbonyl (C=O) groups excluding carboxylic acids is 2. The molecular weight excluding hydrogens is 270 g/mol. The molecule has 6 heteroatoms. The summed E-state index contributed by atoms with van der Waals surface area (Å²) in [6.07, 6.45) is 2.93. The number of hydrazine groups is 1. The van der Waals surface area contributed by atoms with Crippen LogP contribution in [0.5, 0.6) is 5.75 Å². The zero-order valence-electron chi connectivity index (χ0n) is 11.7. The Morgan fingerprint density at radius 2 is 1.81 bits per heavy atom. The lowest BCUT2D eigenvalue weighted by molar-refractivity contribution is 0.0844. The smallest absolute Gasteiger partial charge is 0.273 e. The number of pyridine rings is 1. The van der Waals surface area contributed by atoms with Crippen LogP contribution in [-0.4, -0.2) is 21.9 Å². The van der Waals surface area contributed by atoms with Gasteiger partial charge in [0.25, 0.3) is 11.8 Å². The van der Waals surface area contributed by atoms with Crippen LogP contribution in [0, 0.1) is 13.8 Å². The van der Waals surface area contributed by atoms with Gasteiger partial charge < -0.3 is 5.11 Å². The fourth-order valence-electron chi connectivity index (χ4n) is 1.73. The van der Waals surface area contributed by atoms with E-state index in [4.69, 9.17) is 0 Å². The Hall–Kier alpha value is -2.89. The summed E-state index contributed by atoms with van der Waals surface area (Å²) in [4.78, 5) is 27.5. The van der Waals surface area contributed by atoms with E-state index in [9.17, 15) is 14.7 Å². The maximum Gasteiger partial charge on any atom is 0.273 e. The second-order valence-corrected chi connectivity index (χ2v) is 4.55. The number of phenolic OH excluding ortho intramolecular Hbond substituents is 1. The first-order valence-electron chi connectivity index (χ1n) is 6.30. The van der Waals surface area contributed by atoms with Crippen molar-refractivity contribution in [3.63, 3.8) is 0 Å². The molecule has 0 spiro atoms. The average Bonchev–Trinajstić information content (AvgIpc) is 2.51. The van der Waals surface area contributed by atoms with E-state index in [0.717, 1.165) is 5.56 Å². The number of phenols is 1. The predicted octanol–water partition coefficient (Wildman–Crippen LogP) is 1.48. The standard InChI is InChI=1S/C15H15N3O3/c1-9-5-6-12(13(19)10(9)2)15(21)18-17-14(20)11-4-3-7-16-8-11/h3-8,19H,1-2H3,(H,17,20)(H,18,21). The Balaban J connectivity index is 2.06. The third-order valence-electron chi connectivity index (χ3n) is 3.16. The summed E-state index contributed by atoms with van der Waals surface area (Å²) in [7, 11) is 0. The minimum atomic E-state index is -0.590. The molecule has 0 fully saturated rings. The van der Waals surface area contributed by atoms with Crippen molar-refractivity contribution in [2.75, 3.05) is 0 Å². The van der Waals surface area contributed by atoms with Gasteiger partial charge in [-0.1, -0.05) is 6.07 Å². The number of amides is 2. The van der Waals surface area contributed by atoms with Crippen molar-refractivity contribution in [3.05, 3.63) is 58.9 Å². The first kappa shape index (κ1) is 14.5. The molecule has 1 aromatic carbocycles. The first-order valence-corrected chi connectivity index (χ1v) is 6.30. The maximum absolute atomic E-state index is 12.0. The van der Waals surface area contributed by atoms with E-state index in [0.29, 0.717) is 11.1 Å². The average molecular weight is 285 g/mol. The first-order chi connectivity index (χ1) is 10.0. The number of nitrogens with one attached hydrogen (secondary N) is 2. The molecule has 1 heterocycles. The number of aryl methyl sites for hydroxylation is 1. The van der Waals surface area contributed by atoms with Gasteiger partial charge in [0.05, 0.1) is 11.1 Å². The molecule has 0 saturated heterocycles.